The Balaban J connectivity index is 1.65. The molecule has 1 aliphatic rings. The van der Waals surface area contributed by atoms with E-state index in [0.717, 1.165) is 27.9 Å². The first kappa shape index (κ1) is 27.9. The van der Waals surface area contributed by atoms with Gasteiger partial charge in [-0.2, -0.15) is 0 Å². The minimum absolute atomic E-state index is 0.0198. The van der Waals surface area contributed by atoms with E-state index in [4.69, 9.17) is 18.9 Å². The van der Waals surface area contributed by atoms with Crippen molar-refractivity contribution in [2.45, 2.75) is 22.7 Å². The summed E-state index contributed by atoms with van der Waals surface area (Å²) in [4.78, 5) is 24.1. The van der Waals surface area contributed by atoms with Crippen molar-refractivity contribution in [1.82, 2.24) is 15.3 Å². The number of pyridine rings is 1. The zero-order valence-electron chi connectivity index (χ0n) is 21.5. The number of thioether (sulfide) groups is 1. The van der Waals surface area contributed by atoms with Crippen LogP contribution in [-0.2, 0) is 24.1 Å². The highest BCUT2D eigenvalue weighted by Gasteiger charge is 2.25. The Morgan fingerprint density at radius 1 is 1.21 bits per heavy atom. The molecule has 1 amide bonds. The number of carbonyl (C=O) groups is 1. The Morgan fingerprint density at radius 3 is 2.61 bits per heavy atom. The van der Waals surface area contributed by atoms with Crippen LogP contribution in [0.25, 0.3) is 10.9 Å². The largest absolute Gasteiger partial charge is 0.483 e. The molecule has 1 aromatic carbocycles. The number of ether oxygens (including phenoxy) is 4. The number of hydrogen-bond acceptors (Lipinski definition) is 10. The molecule has 0 spiro atoms. The minimum Gasteiger partial charge on any atom is -0.483 e. The number of carbonyl (C=O) groups excluding carboxylic acids is 1. The third kappa shape index (κ3) is 6.84. The highest BCUT2D eigenvalue weighted by atomic mass is 32.2. The van der Waals surface area contributed by atoms with Gasteiger partial charge in [-0.1, -0.05) is 11.8 Å². The fraction of sp³-hybridized carbons (Fsp3) is 0.400. The summed E-state index contributed by atoms with van der Waals surface area (Å²) in [6.07, 6.45) is 2.39. The molecule has 0 saturated heterocycles. The molecule has 1 unspecified atom stereocenters. The predicted octanol–water partition coefficient (Wildman–Crippen LogP) is 2.80. The molecule has 11 nitrogen and oxygen atoms in total. The molecule has 0 fully saturated rings. The van der Waals surface area contributed by atoms with Gasteiger partial charge in [-0.15, -0.1) is 0 Å². The van der Waals surface area contributed by atoms with Gasteiger partial charge < -0.3 is 29.2 Å². The molecular formula is C25H30N4O7S2. The molecule has 38 heavy (non-hydrogen) atoms. The van der Waals surface area contributed by atoms with Crippen LogP contribution in [0.5, 0.6) is 17.4 Å². The van der Waals surface area contributed by atoms with Gasteiger partial charge in [-0.25, -0.2) is 13.4 Å². The maximum Gasteiger partial charge on any atom is 0.220 e. The minimum atomic E-state index is -3.37. The fourth-order valence-electron chi connectivity index (χ4n) is 3.87. The maximum atomic E-state index is 11.8. The number of benzene rings is 1. The SMILES string of the molecule is CNC(=O)CC1CN=C(c2cc3cc(Oc4ccc(S(C)(=O)=O)cn4)cc(OC(COC)COC)c3[nH]2)S1. The summed E-state index contributed by atoms with van der Waals surface area (Å²) in [5, 5.41) is 4.35. The van der Waals surface area contributed by atoms with Crippen LogP contribution in [0.1, 0.15) is 12.1 Å². The van der Waals surface area contributed by atoms with E-state index in [1.807, 2.05) is 12.1 Å². The Morgan fingerprint density at radius 2 is 1.97 bits per heavy atom. The van der Waals surface area contributed by atoms with Gasteiger partial charge in [0.05, 0.1) is 35.9 Å². The number of H-pyrrole nitrogens is 1. The number of hydrogen-bond donors (Lipinski definition) is 2. The van der Waals surface area contributed by atoms with Crippen molar-refractivity contribution in [3.8, 4) is 17.4 Å². The summed E-state index contributed by atoms with van der Waals surface area (Å²) in [7, 11) is 1.43. The molecule has 2 N–H and O–H groups in total. The van der Waals surface area contributed by atoms with Gasteiger partial charge in [0, 0.05) is 62.9 Å². The average molecular weight is 563 g/mol. The number of sulfone groups is 1. The van der Waals surface area contributed by atoms with Gasteiger partial charge >= 0.3 is 0 Å². The summed E-state index contributed by atoms with van der Waals surface area (Å²) in [6.45, 7) is 1.18. The highest BCUT2D eigenvalue weighted by molar-refractivity contribution is 8.15. The number of amides is 1. The third-order valence-corrected chi connectivity index (χ3v) is 7.98. The third-order valence-electron chi connectivity index (χ3n) is 5.66. The van der Waals surface area contributed by atoms with E-state index >= 15 is 0 Å². The Bertz CT molecular complexity index is 1420. The molecule has 0 bridgehead atoms. The number of fused-ring (bicyclic) bond motifs is 1. The molecular weight excluding hydrogens is 532 g/mol. The Labute approximate surface area is 225 Å². The van der Waals surface area contributed by atoms with Crippen LogP contribution in [0.15, 0.2) is 46.4 Å². The normalized spacial score (nSPS) is 15.6. The van der Waals surface area contributed by atoms with Crippen molar-refractivity contribution in [2.24, 2.45) is 4.99 Å². The zero-order chi connectivity index (χ0) is 27.3. The number of aliphatic imine (C=N–C) groups is 1. The van der Waals surface area contributed by atoms with Crippen LogP contribution in [0.3, 0.4) is 0 Å². The van der Waals surface area contributed by atoms with Crippen molar-refractivity contribution in [1.29, 1.82) is 0 Å². The summed E-state index contributed by atoms with van der Waals surface area (Å²) in [6, 6.07) is 8.45. The van der Waals surface area contributed by atoms with Gasteiger partial charge in [-0.05, 0) is 18.2 Å². The second-order valence-electron chi connectivity index (χ2n) is 8.69. The first-order valence-electron chi connectivity index (χ1n) is 11.8. The van der Waals surface area contributed by atoms with Crippen LogP contribution in [-0.4, -0.2) is 88.0 Å². The molecule has 2 aromatic heterocycles. The Hall–Kier alpha value is -3.13. The topological polar surface area (TPSA) is 141 Å². The molecule has 0 aliphatic carbocycles. The highest BCUT2D eigenvalue weighted by Crippen LogP contribution is 2.36. The van der Waals surface area contributed by atoms with E-state index < -0.39 is 9.84 Å². The second-order valence-corrected chi connectivity index (χ2v) is 12.0. The van der Waals surface area contributed by atoms with Gasteiger partial charge in [0.15, 0.2) is 9.84 Å². The average Bonchev–Trinajstić information content (AvgIpc) is 3.51. The number of rotatable bonds is 12. The molecule has 1 aliphatic heterocycles. The number of aromatic nitrogens is 2. The van der Waals surface area contributed by atoms with E-state index in [1.54, 1.807) is 39.1 Å². The van der Waals surface area contributed by atoms with Gasteiger partial charge in [0.2, 0.25) is 11.8 Å². The summed E-state index contributed by atoms with van der Waals surface area (Å²) in [5.41, 5.74) is 1.54. The van der Waals surface area contributed by atoms with Gasteiger partial charge in [-0.3, -0.25) is 9.79 Å². The molecule has 3 aromatic rings. The standard InChI is InChI=1S/C25H30N4O7S2/c1-26-22(30)10-18-11-28-25(37-18)20-8-15-7-16(36-23-6-5-19(12-27-23)38(4,31)32)9-21(24(15)29-20)35-17(13-33-2)14-34-3/h5-9,12,17-18,29H,10-11,13-14H2,1-4H3,(H,26,30). The van der Waals surface area contributed by atoms with Crippen LogP contribution >= 0.6 is 11.8 Å². The van der Waals surface area contributed by atoms with E-state index in [9.17, 15) is 13.2 Å². The van der Waals surface area contributed by atoms with Crippen molar-refractivity contribution < 1.29 is 32.2 Å². The van der Waals surface area contributed by atoms with Gasteiger partial charge in [0.1, 0.15) is 22.6 Å². The Kier molecular flexibility index (Phi) is 8.92. The van der Waals surface area contributed by atoms with Crippen LogP contribution in [0.2, 0.25) is 0 Å². The number of methoxy groups -OCH3 is 2. The van der Waals surface area contributed by atoms with Gasteiger partial charge in [0.25, 0.3) is 0 Å². The number of nitrogens with zero attached hydrogens (tertiary/aromatic N) is 2. The number of aromatic amines is 1. The first-order valence-corrected chi connectivity index (χ1v) is 14.5. The lowest BCUT2D eigenvalue weighted by molar-refractivity contribution is -0.120. The lowest BCUT2D eigenvalue weighted by Crippen LogP contribution is -2.27. The zero-order valence-corrected chi connectivity index (χ0v) is 23.1. The van der Waals surface area contributed by atoms with Crippen molar-refractivity contribution in [2.75, 3.05) is 47.3 Å². The second kappa shape index (κ2) is 12.2. The van der Waals surface area contributed by atoms with Crippen molar-refractivity contribution in [3.63, 3.8) is 0 Å². The molecule has 1 atom stereocenters. The molecule has 0 radical (unpaired) electrons. The molecule has 13 heteroatoms. The molecule has 204 valence electrons. The van der Waals surface area contributed by atoms with Crippen molar-refractivity contribution in [3.05, 3.63) is 42.2 Å². The maximum absolute atomic E-state index is 11.8. The number of nitrogens with one attached hydrogen (secondary N) is 2. The van der Waals surface area contributed by atoms with Crippen LogP contribution in [0, 0.1) is 0 Å². The molecule has 3 heterocycles. The van der Waals surface area contributed by atoms with E-state index in [1.165, 1.54) is 18.3 Å². The monoisotopic (exact) mass is 562 g/mol. The smallest absolute Gasteiger partial charge is 0.220 e. The van der Waals surface area contributed by atoms with E-state index in [2.05, 4.69) is 20.3 Å². The molecule has 4 rings (SSSR count). The van der Waals surface area contributed by atoms with Crippen molar-refractivity contribution >= 4 is 43.5 Å². The fourth-order valence-corrected chi connectivity index (χ4v) is 5.51. The first-order chi connectivity index (χ1) is 18.2. The van der Waals surface area contributed by atoms with E-state index in [0.29, 0.717) is 37.7 Å². The molecule has 0 saturated carbocycles. The lowest BCUT2D eigenvalue weighted by Gasteiger charge is -2.19. The quantitative estimate of drug-likeness (QED) is 0.341. The van der Waals surface area contributed by atoms with Crippen LogP contribution < -0.4 is 14.8 Å². The summed E-state index contributed by atoms with van der Waals surface area (Å²) < 4.78 is 46.3. The summed E-state index contributed by atoms with van der Waals surface area (Å²) >= 11 is 1.56. The van der Waals surface area contributed by atoms with E-state index in [-0.39, 0.29) is 28.0 Å². The summed E-state index contributed by atoms with van der Waals surface area (Å²) in [5.74, 6) is 1.18. The van der Waals surface area contributed by atoms with Crippen LogP contribution in [0.4, 0.5) is 0 Å². The lowest BCUT2D eigenvalue weighted by atomic mass is 10.2. The predicted molar refractivity (Wildman–Crippen MR) is 145 cm³/mol.